The van der Waals surface area contributed by atoms with Gasteiger partial charge in [0.25, 0.3) is 0 Å². The summed E-state index contributed by atoms with van der Waals surface area (Å²) in [5.74, 6) is 0.0498. The standard InChI is InChI=1S/C11H20N2O2/c1-8(15-10-6-12-7-10)11(14)13-9-4-2-3-5-9/h8-10,12H,2-7H2,1H3,(H,13,14). The van der Waals surface area contributed by atoms with E-state index < -0.39 is 0 Å². The molecule has 1 saturated carbocycles. The monoisotopic (exact) mass is 212 g/mol. The zero-order valence-electron chi connectivity index (χ0n) is 9.29. The van der Waals surface area contributed by atoms with Crippen molar-refractivity contribution in [3.05, 3.63) is 0 Å². The minimum Gasteiger partial charge on any atom is -0.363 e. The quantitative estimate of drug-likeness (QED) is 0.710. The van der Waals surface area contributed by atoms with Gasteiger partial charge in [-0.2, -0.15) is 0 Å². The Bertz CT molecular complexity index is 223. The molecule has 1 aliphatic heterocycles. The lowest BCUT2D eigenvalue weighted by Gasteiger charge is -2.30. The van der Waals surface area contributed by atoms with Crippen LogP contribution in [0.15, 0.2) is 0 Å². The highest BCUT2D eigenvalue weighted by molar-refractivity contribution is 5.80. The van der Waals surface area contributed by atoms with Gasteiger partial charge in [-0.25, -0.2) is 0 Å². The van der Waals surface area contributed by atoms with Crippen LogP contribution in [0.4, 0.5) is 0 Å². The number of carbonyl (C=O) groups excluding carboxylic acids is 1. The van der Waals surface area contributed by atoms with E-state index in [2.05, 4.69) is 10.6 Å². The molecule has 0 aromatic rings. The molecule has 86 valence electrons. The fourth-order valence-electron chi connectivity index (χ4n) is 2.10. The molecule has 1 amide bonds. The molecule has 1 heterocycles. The van der Waals surface area contributed by atoms with Gasteiger partial charge in [0.2, 0.25) is 5.91 Å². The minimum atomic E-state index is -0.308. The second-order valence-corrected chi connectivity index (χ2v) is 4.55. The van der Waals surface area contributed by atoms with Gasteiger partial charge in [-0.05, 0) is 19.8 Å². The van der Waals surface area contributed by atoms with E-state index in [0.29, 0.717) is 6.04 Å². The Morgan fingerprint density at radius 3 is 2.60 bits per heavy atom. The first-order valence-corrected chi connectivity index (χ1v) is 5.92. The molecule has 4 nitrogen and oxygen atoms in total. The number of amides is 1. The van der Waals surface area contributed by atoms with Crippen molar-refractivity contribution in [1.29, 1.82) is 0 Å². The third-order valence-corrected chi connectivity index (χ3v) is 3.21. The van der Waals surface area contributed by atoms with Gasteiger partial charge in [-0.15, -0.1) is 0 Å². The molecule has 2 aliphatic rings. The number of ether oxygens (including phenoxy) is 1. The molecule has 0 radical (unpaired) electrons. The second kappa shape index (κ2) is 4.94. The average Bonchev–Trinajstić information content (AvgIpc) is 2.63. The predicted molar refractivity (Wildman–Crippen MR) is 57.6 cm³/mol. The molecule has 1 saturated heterocycles. The van der Waals surface area contributed by atoms with Gasteiger partial charge in [0.15, 0.2) is 0 Å². The van der Waals surface area contributed by atoms with E-state index in [-0.39, 0.29) is 18.1 Å². The molecular weight excluding hydrogens is 192 g/mol. The Balaban J connectivity index is 1.68. The number of hydrogen-bond donors (Lipinski definition) is 2. The van der Waals surface area contributed by atoms with Crippen LogP contribution in [-0.4, -0.2) is 37.2 Å². The zero-order chi connectivity index (χ0) is 10.7. The number of rotatable bonds is 4. The average molecular weight is 212 g/mol. The van der Waals surface area contributed by atoms with Crippen LogP contribution in [-0.2, 0) is 9.53 Å². The first kappa shape index (κ1) is 10.9. The Morgan fingerprint density at radius 1 is 1.40 bits per heavy atom. The summed E-state index contributed by atoms with van der Waals surface area (Å²) in [6, 6.07) is 0.392. The molecule has 1 aliphatic carbocycles. The lowest BCUT2D eigenvalue weighted by atomic mass is 10.2. The highest BCUT2D eigenvalue weighted by Gasteiger charge is 2.25. The van der Waals surface area contributed by atoms with Crippen LogP contribution in [0.25, 0.3) is 0 Å². The number of nitrogens with one attached hydrogen (secondary N) is 2. The normalized spacial score (nSPS) is 24.9. The third kappa shape index (κ3) is 2.92. The van der Waals surface area contributed by atoms with Crippen molar-refractivity contribution in [3.63, 3.8) is 0 Å². The SMILES string of the molecule is CC(OC1CNC1)C(=O)NC1CCCC1. The molecule has 1 atom stereocenters. The lowest BCUT2D eigenvalue weighted by Crippen LogP contribution is -2.52. The highest BCUT2D eigenvalue weighted by atomic mass is 16.5. The van der Waals surface area contributed by atoms with Crippen molar-refractivity contribution in [2.45, 2.75) is 50.9 Å². The minimum absolute atomic E-state index is 0.0498. The summed E-state index contributed by atoms with van der Waals surface area (Å²) in [6.45, 7) is 3.59. The van der Waals surface area contributed by atoms with Crippen molar-refractivity contribution >= 4 is 5.91 Å². The lowest BCUT2D eigenvalue weighted by molar-refractivity contribution is -0.137. The van der Waals surface area contributed by atoms with E-state index >= 15 is 0 Å². The van der Waals surface area contributed by atoms with Gasteiger partial charge in [0.05, 0.1) is 6.10 Å². The fourth-order valence-corrected chi connectivity index (χ4v) is 2.10. The van der Waals surface area contributed by atoms with E-state index in [4.69, 9.17) is 4.74 Å². The van der Waals surface area contributed by atoms with Gasteiger partial charge >= 0.3 is 0 Å². The van der Waals surface area contributed by atoms with Gasteiger partial charge in [0, 0.05) is 19.1 Å². The molecule has 2 fully saturated rings. The molecule has 2 N–H and O–H groups in total. The second-order valence-electron chi connectivity index (χ2n) is 4.55. The summed E-state index contributed by atoms with van der Waals surface area (Å²) in [4.78, 5) is 11.7. The van der Waals surface area contributed by atoms with Crippen LogP contribution in [0, 0.1) is 0 Å². The summed E-state index contributed by atoms with van der Waals surface area (Å²) in [5.41, 5.74) is 0. The van der Waals surface area contributed by atoms with Gasteiger partial charge in [-0.1, -0.05) is 12.8 Å². The van der Waals surface area contributed by atoms with Crippen LogP contribution in [0.5, 0.6) is 0 Å². The van der Waals surface area contributed by atoms with E-state index in [1.807, 2.05) is 6.92 Å². The van der Waals surface area contributed by atoms with Crippen molar-refractivity contribution in [1.82, 2.24) is 10.6 Å². The van der Waals surface area contributed by atoms with Crippen molar-refractivity contribution in [3.8, 4) is 0 Å². The summed E-state index contributed by atoms with van der Waals surface area (Å²) in [5, 5.41) is 6.17. The maximum Gasteiger partial charge on any atom is 0.249 e. The maximum absolute atomic E-state index is 11.7. The van der Waals surface area contributed by atoms with E-state index in [0.717, 1.165) is 25.9 Å². The van der Waals surface area contributed by atoms with Gasteiger partial charge in [0.1, 0.15) is 6.10 Å². The first-order chi connectivity index (χ1) is 7.25. The molecule has 1 unspecified atom stereocenters. The Hall–Kier alpha value is -0.610. The number of hydrogen-bond acceptors (Lipinski definition) is 3. The van der Waals surface area contributed by atoms with E-state index in [1.165, 1.54) is 12.8 Å². The first-order valence-electron chi connectivity index (χ1n) is 5.92. The molecule has 0 aromatic heterocycles. The van der Waals surface area contributed by atoms with Gasteiger partial charge in [-0.3, -0.25) is 4.79 Å². The smallest absolute Gasteiger partial charge is 0.249 e. The van der Waals surface area contributed by atoms with Gasteiger partial charge < -0.3 is 15.4 Å². The van der Waals surface area contributed by atoms with Crippen molar-refractivity contribution in [2.75, 3.05) is 13.1 Å². The molecule has 0 bridgehead atoms. The highest BCUT2D eigenvalue weighted by Crippen LogP contribution is 2.17. The summed E-state index contributed by atoms with van der Waals surface area (Å²) in [6.07, 6.45) is 4.67. The Kier molecular flexibility index (Phi) is 3.59. The van der Waals surface area contributed by atoms with Crippen LogP contribution >= 0.6 is 0 Å². The largest absolute Gasteiger partial charge is 0.363 e. The van der Waals surface area contributed by atoms with Crippen LogP contribution in [0.1, 0.15) is 32.6 Å². The summed E-state index contributed by atoms with van der Waals surface area (Å²) in [7, 11) is 0. The Labute approximate surface area is 90.8 Å². The van der Waals surface area contributed by atoms with E-state index in [1.54, 1.807) is 0 Å². The zero-order valence-corrected chi connectivity index (χ0v) is 9.29. The van der Waals surface area contributed by atoms with Crippen LogP contribution in [0.2, 0.25) is 0 Å². The topological polar surface area (TPSA) is 50.4 Å². The molecule has 15 heavy (non-hydrogen) atoms. The molecule has 0 aromatic carbocycles. The molecule has 4 heteroatoms. The molecular formula is C11H20N2O2. The summed E-state index contributed by atoms with van der Waals surface area (Å²) >= 11 is 0. The number of carbonyl (C=O) groups is 1. The van der Waals surface area contributed by atoms with Crippen LogP contribution in [0.3, 0.4) is 0 Å². The third-order valence-electron chi connectivity index (χ3n) is 3.21. The predicted octanol–water partition coefficient (Wildman–Crippen LogP) is 0.422. The van der Waals surface area contributed by atoms with Crippen molar-refractivity contribution in [2.24, 2.45) is 0 Å². The van der Waals surface area contributed by atoms with Crippen molar-refractivity contribution < 1.29 is 9.53 Å². The summed E-state index contributed by atoms with van der Waals surface area (Å²) < 4.78 is 5.58. The van der Waals surface area contributed by atoms with E-state index in [9.17, 15) is 4.79 Å². The molecule has 2 rings (SSSR count). The fraction of sp³-hybridized carbons (Fsp3) is 0.909. The Morgan fingerprint density at radius 2 is 2.07 bits per heavy atom. The molecule has 0 spiro atoms. The van der Waals surface area contributed by atoms with Crippen LogP contribution < -0.4 is 10.6 Å². The maximum atomic E-state index is 11.7.